The Labute approximate surface area is 126 Å². The van der Waals surface area contributed by atoms with Crippen LogP contribution >= 0.6 is 0 Å². The van der Waals surface area contributed by atoms with Gasteiger partial charge in [0.05, 0.1) is 13.4 Å². The molecule has 0 heterocycles. The number of methoxy groups -OCH3 is 1. The van der Waals surface area contributed by atoms with Crippen molar-refractivity contribution in [3.63, 3.8) is 0 Å². The van der Waals surface area contributed by atoms with E-state index in [9.17, 15) is 13.2 Å². The maximum absolute atomic E-state index is 11.9. The highest BCUT2D eigenvalue weighted by molar-refractivity contribution is 7.86. The van der Waals surface area contributed by atoms with Gasteiger partial charge in [0.15, 0.2) is 14.4 Å². The van der Waals surface area contributed by atoms with Crippen LogP contribution in [0.2, 0.25) is 19.6 Å². The van der Waals surface area contributed by atoms with Crippen LogP contribution in [-0.2, 0) is 24.1 Å². The molecule has 0 radical (unpaired) electrons. The van der Waals surface area contributed by atoms with Crippen LogP contribution in [0.1, 0.15) is 11.7 Å². The van der Waals surface area contributed by atoms with Crippen molar-refractivity contribution in [1.29, 1.82) is 0 Å². The molecule has 0 N–H and O–H groups in total. The Morgan fingerprint density at radius 2 is 1.86 bits per heavy atom. The molecule has 1 atom stereocenters. The normalized spacial score (nSPS) is 13.6. The highest BCUT2D eigenvalue weighted by atomic mass is 32.2. The Morgan fingerprint density at radius 3 is 2.33 bits per heavy atom. The number of hydrogen-bond acceptors (Lipinski definition) is 6. The van der Waals surface area contributed by atoms with Gasteiger partial charge >= 0.3 is 16.1 Å². The Hall–Kier alpha value is -1.38. The summed E-state index contributed by atoms with van der Waals surface area (Å²) in [6.07, 6.45) is 0.0560. The molecule has 1 unspecified atom stereocenters. The van der Waals surface area contributed by atoms with Crippen molar-refractivity contribution in [2.45, 2.75) is 25.7 Å². The molecule has 0 aliphatic carbocycles. The molecule has 118 valence electrons. The topological polar surface area (TPSA) is 78.9 Å². The number of carbonyl (C=O) groups excluding carboxylic acids is 1. The van der Waals surface area contributed by atoms with Crippen LogP contribution in [0.3, 0.4) is 0 Å². The highest BCUT2D eigenvalue weighted by Crippen LogP contribution is 2.27. The standard InChI is InChI=1S/C13H20O6SSi/c1-17-13(14)12(19-21(3,4)5)10-7-6-8-11(9-10)18-20(2,15)16/h6-9,12H,1-5H3. The molecule has 0 saturated carbocycles. The smallest absolute Gasteiger partial charge is 0.338 e. The fourth-order valence-electron chi connectivity index (χ4n) is 1.62. The molecule has 0 aliphatic rings. The highest BCUT2D eigenvalue weighted by Gasteiger charge is 2.29. The van der Waals surface area contributed by atoms with Gasteiger partial charge in [0.2, 0.25) is 0 Å². The SMILES string of the molecule is COC(=O)C(O[Si](C)(C)C)c1cccc(OS(C)(=O)=O)c1. The third-order valence-electron chi connectivity index (χ3n) is 2.30. The maximum atomic E-state index is 11.9. The lowest BCUT2D eigenvalue weighted by atomic mass is 10.1. The average molecular weight is 332 g/mol. The van der Waals surface area contributed by atoms with Crippen molar-refractivity contribution in [1.82, 2.24) is 0 Å². The van der Waals surface area contributed by atoms with E-state index in [0.29, 0.717) is 5.56 Å². The summed E-state index contributed by atoms with van der Waals surface area (Å²) in [4.78, 5) is 11.9. The molecule has 0 fully saturated rings. The van der Waals surface area contributed by atoms with Gasteiger partial charge in [0, 0.05) is 0 Å². The fraction of sp³-hybridized carbons (Fsp3) is 0.462. The van der Waals surface area contributed by atoms with Crippen LogP contribution in [0.4, 0.5) is 0 Å². The minimum Gasteiger partial charge on any atom is -0.467 e. The quantitative estimate of drug-likeness (QED) is 0.451. The monoisotopic (exact) mass is 332 g/mol. The van der Waals surface area contributed by atoms with Gasteiger partial charge in [0.1, 0.15) is 5.75 Å². The van der Waals surface area contributed by atoms with Gasteiger partial charge in [-0.15, -0.1) is 0 Å². The first-order valence-corrected chi connectivity index (χ1v) is 11.5. The number of hydrogen-bond donors (Lipinski definition) is 0. The Morgan fingerprint density at radius 1 is 1.24 bits per heavy atom. The van der Waals surface area contributed by atoms with Crippen LogP contribution in [0.15, 0.2) is 24.3 Å². The van der Waals surface area contributed by atoms with Gasteiger partial charge in [-0.25, -0.2) is 4.79 Å². The first kappa shape index (κ1) is 17.7. The van der Waals surface area contributed by atoms with E-state index in [1.165, 1.54) is 19.2 Å². The van der Waals surface area contributed by atoms with E-state index in [4.69, 9.17) is 13.3 Å². The van der Waals surface area contributed by atoms with Crippen molar-refractivity contribution in [2.75, 3.05) is 13.4 Å². The minimum atomic E-state index is -3.63. The molecule has 8 heteroatoms. The summed E-state index contributed by atoms with van der Waals surface area (Å²) in [5, 5.41) is 0. The first-order chi connectivity index (χ1) is 9.52. The molecular weight excluding hydrogens is 312 g/mol. The van der Waals surface area contributed by atoms with E-state index < -0.39 is 30.5 Å². The predicted octanol–water partition coefficient (Wildman–Crippen LogP) is 2.09. The van der Waals surface area contributed by atoms with Crippen molar-refractivity contribution < 1.29 is 26.6 Å². The molecule has 1 rings (SSSR count). The average Bonchev–Trinajstić information content (AvgIpc) is 2.32. The molecule has 0 spiro atoms. The molecule has 21 heavy (non-hydrogen) atoms. The second-order valence-corrected chi connectivity index (χ2v) is 11.5. The van der Waals surface area contributed by atoms with Crippen molar-refractivity contribution in [3.8, 4) is 5.75 Å². The Kier molecular flexibility index (Phi) is 5.54. The lowest BCUT2D eigenvalue weighted by molar-refractivity contribution is -0.149. The fourth-order valence-corrected chi connectivity index (χ4v) is 3.01. The molecular formula is C13H20O6SSi. The molecule has 0 bridgehead atoms. The summed E-state index contributed by atoms with van der Waals surface area (Å²) < 4.78 is 37.7. The molecule has 6 nitrogen and oxygen atoms in total. The zero-order valence-electron chi connectivity index (χ0n) is 12.7. The van der Waals surface area contributed by atoms with Crippen molar-refractivity contribution >= 4 is 24.4 Å². The number of ether oxygens (including phenoxy) is 1. The van der Waals surface area contributed by atoms with Gasteiger partial charge in [-0.2, -0.15) is 8.42 Å². The van der Waals surface area contributed by atoms with Gasteiger partial charge in [0.25, 0.3) is 0 Å². The molecule has 0 saturated heterocycles. The largest absolute Gasteiger partial charge is 0.467 e. The van der Waals surface area contributed by atoms with Crippen molar-refractivity contribution in [3.05, 3.63) is 29.8 Å². The molecule has 1 aromatic carbocycles. The van der Waals surface area contributed by atoms with E-state index in [1.807, 2.05) is 19.6 Å². The summed E-state index contributed by atoms with van der Waals surface area (Å²) in [7, 11) is -4.36. The van der Waals surface area contributed by atoms with Gasteiger partial charge in [-0.3, -0.25) is 0 Å². The van der Waals surface area contributed by atoms with E-state index in [1.54, 1.807) is 12.1 Å². The third-order valence-corrected chi connectivity index (χ3v) is 3.73. The van der Waals surface area contributed by atoms with Crippen LogP contribution in [0, 0.1) is 0 Å². The molecule has 0 aromatic heterocycles. The molecule has 1 aromatic rings. The van der Waals surface area contributed by atoms with E-state index >= 15 is 0 Å². The summed E-state index contributed by atoms with van der Waals surface area (Å²) in [5.74, 6) is -0.406. The Balaban J connectivity index is 3.13. The first-order valence-electron chi connectivity index (χ1n) is 6.27. The number of rotatable bonds is 6. The second-order valence-electron chi connectivity index (χ2n) is 5.49. The third kappa shape index (κ3) is 6.28. The van der Waals surface area contributed by atoms with Crippen LogP contribution in [0.25, 0.3) is 0 Å². The van der Waals surface area contributed by atoms with Gasteiger partial charge in [-0.1, -0.05) is 12.1 Å². The van der Waals surface area contributed by atoms with E-state index in [2.05, 4.69) is 0 Å². The van der Waals surface area contributed by atoms with E-state index in [0.717, 1.165) is 6.26 Å². The number of esters is 1. The summed E-state index contributed by atoms with van der Waals surface area (Å²) >= 11 is 0. The van der Waals surface area contributed by atoms with Crippen LogP contribution in [-0.4, -0.2) is 36.1 Å². The van der Waals surface area contributed by atoms with Gasteiger partial charge < -0.3 is 13.3 Å². The summed E-state index contributed by atoms with van der Waals surface area (Å²) in [6.45, 7) is 5.83. The van der Waals surface area contributed by atoms with Crippen LogP contribution in [0.5, 0.6) is 5.75 Å². The van der Waals surface area contributed by atoms with Crippen LogP contribution < -0.4 is 4.18 Å². The second kappa shape index (κ2) is 6.59. The Bertz CT molecular complexity index is 605. The predicted molar refractivity (Wildman–Crippen MR) is 81.1 cm³/mol. The molecule has 0 aliphatic heterocycles. The summed E-state index contributed by atoms with van der Waals surface area (Å²) in [6, 6.07) is 6.21. The van der Waals surface area contributed by atoms with Gasteiger partial charge in [-0.05, 0) is 37.3 Å². The summed E-state index contributed by atoms with van der Waals surface area (Å²) in [5.41, 5.74) is 0.491. The number of carbonyl (C=O) groups is 1. The lowest BCUT2D eigenvalue weighted by Gasteiger charge is -2.25. The lowest BCUT2D eigenvalue weighted by Crippen LogP contribution is -2.32. The number of benzene rings is 1. The minimum absolute atomic E-state index is 0.128. The van der Waals surface area contributed by atoms with E-state index in [-0.39, 0.29) is 5.75 Å². The van der Waals surface area contributed by atoms with Crippen molar-refractivity contribution in [2.24, 2.45) is 0 Å². The zero-order valence-corrected chi connectivity index (χ0v) is 14.6. The maximum Gasteiger partial charge on any atom is 0.338 e. The zero-order chi connectivity index (χ0) is 16.3. The molecule has 0 amide bonds.